The number of ether oxygens (including phenoxy) is 1. The number of aliphatic hydroxyl groups is 1. The normalized spacial score (nSPS) is 19.8. The van der Waals surface area contributed by atoms with Crippen LogP contribution in [0.4, 0.5) is 0 Å². The number of rotatable bonds is 5. The summed E-state index contributed by atoms with van der Waals surface area (Å²) in [5.74, 6) is 0.795. The molecule has 2 aromatic rings. The van der Waals surface area contributed by atoms with E-state index in [0.717, 1.165) is 24.8 Å². The fourth-order valence-corrected chi connectivity index (χ4v) is 3.42. The summed E-state index contributed by atoms with van der Waals surface area (Å²) in [6.07, 6.45) is 2.72. The van der Waals surface area contributed by atoms with E-state index in [1.807, 2.05) is 18.2 Å². The van der Waals surface area contributed by atoms with Crippen LogP contribution in [0.2, 0.25) is 0 Å². The van der Waals surface area contributed by atoms with Gasteiger partial charge in [-0.1, -0.05) is 24.3 Å². The second-order valence-electron chi connectivity index (χ2n) is 6.32. The zero-order valence-electron chi connectivity index (χ0n) is 14.1. The molecule has 0 aliphatic heterocycles. The summed E-state index contributed by atoms with van der Waals surface area (Å²) in [5, 5.41) is 14.3. The summed E-state index contributed by atoms with van der Waals surface area (Å²) >= 11 is 0. The number of carbonyl (C=O) groups excluding carboxylic acids is 1. The molecule has 0 saturated carbocycles. The first-order valence-electron chi connectivity index (χ1n) is 8.22. The highest BCUT2D eigenvalue weighted by Crippen LogP contribution is 2.34. The van der Waals surface area contributed by atoms with Gasteiger partial charge in [-0.15, -0.1) is 0 Å². The number of nitrogens with one attached hydrogen (secondary N) is 1. The molecule has 0 bridgehead atoms. The second-order valence-corrected chi connectivity index (χ2v) is 6.32. The Morgan fingerprint density at radius 2 is 2.21 bits per heavy atom. The Balaban J connectivity index is 1.66. The van der Waals surface area contributed by atoms with Crippen LogP contribution in [0.25, 0.3) is 0 Å². The van der Waals surface area contributed by atoms with Crippen molar-refractivity contribution in [1.82, 2.24) is 5.32 Å². The molecule has 5 heteroatoms. The van der Waals surface area contributed by atoms with Crippen LogP contribution in [-0.2, 0) is 23.3 Å². The minimum absolute atomic E-state index is 0.401. The number of fused-ring (bicyclic) bond motifs is 1. The van der Waals surface area contributed by atoms with E-state index in [1.54, 1.807) is 13.0 Å². The van der Waals surface area contributed by atoms with Gasteiger partial charge in [0.15, 0.2) is 0 Å². The zero-order valence-corrected chi connectivity index (χ0v) is 14.1. The van der Waals surface area contributed by atoms with E-state index in [2.05, 4.69) is 11.4 Å². The molecule has 1 aromatic carbocycles. The Morgan fingerprint density at radius 3 is 3.00 bits per heavy atom. The van der Waals surface area contributed by atoms with E-state index in [1.165, 1.54) is 12.7 Å². The summed E-state index contributed by atoms with van der Waals surface area (Å²) in [6, 6.07) is 9.75. The first kappa shape index (κ1) is 16.7. The third-order valence-corrected chi connectivity index (χ3v) is 4.65. The Bertz CT molecular complexity index is 737. The van der Waals surface area contributed by atoms with E-state index < -0.39 is 11.6 Å². The summed E-state index contributed by atoms with van der Waals surface area (Å²) in [4.78, 5) is 11.6. The smallest absolute Gasteiger partial charge is 0.341 e. The lowest BCUT2D eigenvalue weighted by Crippen LogP contribution is -2.40. The van der Waals surface area contributed by atoms with Crippen LogP contribution in [0.15, 0.2) is 34.7 Å². The largest absolute Gasteiger partial charge is 0.465 e. The fourth-order valence-electron chi connectivity index (χ4n) is 3.42. The number of hydrogen-bond donors (Lipinski definition) is 2. The van der Waals surface area contributed by atoms with Crippen molar-refractivity contribution in [3.05, 3.63) is 58.5 Å². The molecular weight excluding hydrogens is 306 g/mol. The number of hydrogen-bond acceptors (Lipinski definition) is 5. The van der Waals surface area contributed by atoms with Gasteiger partial charge >= 0.3 is 5.97 Å². The van der Waals surface area contributed by atoms with Gasteiger partial charge in [-0.05, 0) is 43.4 Å². The standard InChI is InChI=1S/C19H23NO4/c1-13-16(18(21)23-2)10-15(24-13)11-20-12-19(22)9-5-7-14-6-3-4-8-17(14)19/h3-4,6,8,10,20,22H,5,7,9,11-12H2,1-2H3. The van der Waals surface area contributed by atoms with Crippen LogP contribution in [0.1, 0.15) is 45.8 Å². The first-order valence-corrected chi connectivity index (χ1v) is 8.22. The lowest BCUT2D eigenvalue weighted by Gasteiger charge is -2.34. The average molecular weight is 329 g/mol. The minimum atomic E-state index is -0.859. The molecule has 0 amide bonds. The highest BCUT2D eigenvalue weighted by Gasteiger charge is 2.33. The van der Waals surface area contributed by atoms with E-state index in [4.69, 9.17) is 9.15 Å². The Kier molecular flexibility index (Phi) is 4.73. The third kappa shape index (κ3) is 3.23. The summed E-state index contributed by atoms with van der Waals surface area (Å²) in [5.41, 5.74) is 1.81. The van der Waals surface area contributed by atoms with Gasteiger partial charge < -0.3 is 19.6 Å². The van der Waals surface area contributed by atoms with Gasteiger partial charge in [0.2, 0.25) is 0 Å². The molecular formula is C19H23NO4. The number of benzene rings is 1. The van der Waals surface area contributed by atoms with Crippen LogP contribution < -0.4 is 5.32 Å². The molecule has 128 valence electrons. The van der Waals surface area contributed by atoms with Gasteiger partial charge in [0.05, 0.1) is 13.7 Å². The molecule has 0 fully saturated rings. The molecule has 1 unspecified atom stereocenters. The van der Waals surface area contributed by atoms with Crippen molar-refractivity contribution in [2.24, 2.45) is 0 Å². The molecule has 0 radical (unpaired) electrons. The monoisotopic (exact) mass is 329 g/mol. The van der Waals surface area contributed by atoms with Crippen molar-refractivity contribution in [1.29, 1.82) is 0 Å². The minimum Gasteiger partial charge on any atom is -0.465 e. The highest BCUT2D eigenvalue weighted by molar-refractivity contribution is 5.90. The molecule has 0 saturated heterocycles. The predicted molar refractivity (Wildman–Crippen MR) is 89.8 cm³/mol. The fraction of sp³-hybridized carbons (Fsp3) is 0.421. The summed E-state index contributed by atoms with van der Waals surface area (Å²) < 4.78 is 10.3. The molecule has 1 atom stereocenters. The molecule has 1 aliphatic carbocycles. The molecule has 2 N–H and O–H groups in total. The maximum Gasteiger partial charge on any atom is 0.341 e. The van der Waals surface area contributed by atoms with Gasteiger partial charge in [-0.25, -0.2) is 4.79 Å². The van der Waals surface area contributed by atoms with E-state index in [-0.39, 0.29) is 0 Å². The van der Waals surface area contributed by atoms with Crippen LogP contribution in [-0.4, -0.2) is 24.7 Å². The molecule has 1 aliphatic rings. The quantitative estimate of drug-likeness (QED) is 0.825. The lowest BCUT2D eigenvalue weighted by molar-refractivity contribution is 0.0186. The van der Waals surface area contributed by atoms with Crippen LogP contribution in [0, 0.1) is 6.92 Å². The summed E-state index contributed by atoms with van der Waals surface area (Å²) in [6.45, 7) is 2.63. The number of carbonyl (C=O) groups is 1. The van der Waals surface area contributed by atoms with Crippen molar-refractivity contribution in [3.8, 4) is 0 Å². The lowest BCUT2D eigenvalue weighted by atomic mass is 9.79. The van der Waals surface area contributed by atoms with Crippen LogP contribution >= 0.6 is 0 Å². The van der Waals surface area contributed by atoms with E-state index in [0.29, 0.717) is 30.2 Å². The number of furan rings is 1. The van der Waals surface area contributed by atoms with Crippen molar-refractivity contribution < 1.29 is 19.1 Å². The van der Waals surface area contributed by atoms with Gasteiger partial charge in [0, 0.05) is 6.54 Å². The zero-order chi connectivity index (χ0) is 17.2. The topological polar surface area (TPSA) is 71.7 Å². The van der Waals surface area contributed by atoms with Crippen molar-refractivity contribution >= 4 is 5.97 Å². The SMILES string of the molecule is COC(=O)c1cc(CNCC2(O)CCCc3ccccc32)oc1C. The number of methoxy groups -OCH3 is 1. The van der Waals surface area contributed by atoms with E-state index in [9.17, 15) is 9.90 Å². The Labute approximate surface area is 141 Å². The van der Waals surface area contributed by atoms with Gasteiger partial charge in [-0.2, -0.15) is 0 Å². The highest BCUT2D eigenvalue weighted by atomic mass is 16.5. The van der Waals surface area contributed by atoms with Gasteiger partial charge in [-0.3, -0.25) is 0 Å². The molecule has 1 aromatic heterocycles. The molecule has 0 spiro atoms. The maximum absolute atomic E-state index is 11.6. The van der Waals surface area contributed by atoms with Gasteiger partial charge in [0.25, 0.3) is 0 Å². The number of aryl methyl sites for hydroxylation is 2. The van der Waals surface area contributed by atoms with Crippen LogP contribution in [0.5, 0.6) is 0 Å². The van der Waals surface area contributed by atoms with Crippen molar-refractivity contribution in [2.75, 3.05) is 13.7 Å². The van der Waals surface area contributed by atoms with Crippen molar-refractivity contribution in [3.63, 3.8) is 0 Å². The summed E-state index contributed by atoms with van der Waals surface area (Å²) in [7, 11) is 1.35. The first-order chi connectivity index (χ1) is 11.5. The molecule has 5 nitrogen and oxygen atoms in total. The van der Waals surface area contributed by atoms with E-state index >= 15 is 0 Å². The van der Waals surface area contributed by atoms with Crippen molar-refractivity contribution in [2.45, 2.75) is 38.3 Å². The molecule has 1 heterocycles. The second kappa shape index (κ2) is 6.79. The third-order valence-electron chi connectivity index (χ3n) is 4.65. The number of esters is 1. The molecule has 3 rings (SSSR count). The average Bonchev–Trinajstić information content (AvgIpc) is 2.95. The molecule has 24 heavy (non-hydrogen) atoms. The van der Waals surface area contributed by atoms with Crippen LogP contribution in [0.3, 0.4) is 0 Å². The van der Waals surface area contributed by atoms with Gasteiger partial charge in [0.1, 0.15) is 22.7 Å². The predicted octanol–water partition coefficient (Wildman–Crippen LogP) is 2.69. The Hall–Kier alpha value is -2.11. The maximum atomic E-state index is 11.6. The Morgan fingerprint density at radius 1 is 1.42 bits per heavy atom.